The van der Waals surface area contributed by atoms with Crippen LogP contribution in [-0.4, -0.2) is 40.5 Å². The van der Waals surface area contributed by atoms with E-state index in [1.165, 1.54) is 18.2 Å². The van der Waals surface area contributed by atoms with Gasteiger partial charge in [0.1, 0.15) is 4.90 Å². The van der Waals surface area contributed by atoms with Crippen LogP contribution < -0.4 is 15.4 Å². The lowest BCUT2D eigenvalue weighted by Crippen LogP contribution is -2.26. The Hall–Kier alpha value is -3.40. The number of methoxy groups -OCH3 is 1. The number of hydrogen-bond donors (Lipinski definition) is 3. The molecule has 2 amide bonds. The van der Waals surface area contributed by atoms with Gasteiger partial charge in [-0.3, -0.25) is 14.3 Å². The fourth-order valence-corrected chi connectivity index (χ4v) is 4.84. The monoisotopic (exact) mass is 515 g/mol. The Kier molecular flexibility index (Phi) is 8.86. The number of rotatable bonds is 10. The van der Waals surface area contributed by atoms with E-state index in [4.69, 9.17) is 16.3 Å². The Morgan fingerprint density at radius 2 is 1.74 bits per heavy atom. The van der Waals surface area contributed by atoms with Crippen LogP contribution in [-0.2, 0) is 14.8 Å². The van der Waals surface area contributed by atoms with E-state index in [0.29, 0.717) is 30.9 Å². The van der Waals surface area contributed by atoms with Crippen molar-refractivity contribution in [2.45, 2.75) is 18.2 Å². The molecular weight excluding hydrogens is 490 g/mol. The van der Waals surface area contributed by atoms with Gasteiger partial charge in [-0.25, -0.2) is 8.42 Å². The third kappa shape index (κ3) is 7.05. The molecule has 0 saturated heterocycles. The molecule has 0 fully saturated rings. The molecule has 0 aliphatic heterocycles. The van der Waals surface area contributed by atoms with Crippen LogP contribution in [0.25, 0.3) is 0 Å². The van der Waals surface area contributed by atoms with E-state index in [9.17, 15) is 18.0 Å². The molecule has 0 saturated carbocycles. The number of ether oxygens (including phenoxy) is 1. The summed E-state index contributed by atoms with van der Waals surface area (Å²) in [5.41, 5.74) is 1.89. The molecule has 0 aliphatic carbocycles. The van der Waals surface area contributed by atoms with Crippen LogP contribution in [0.2, 0.25) is 5.02 Å². The molecule has 0 atom stereocenters. The molecule has 0 spiro atoms. The van der Waals surface area contributed by atoms with Crippen molar-refractivity contribution in [3.05, 3.63) is 88.4 Å². The average molecular weight is 516 g/mol. The lowest BCUT2D eigenvalue weighted by Gasteiger charge is -2.13. The first-order valence-corrected chi connectivity index (χ1v) is 12.6. The first kappa shape index (κ1) is 26.2. The summed E-state index contributed by atoms with van der Waals surface area (Å²) in [6, 6.07) is 17.4. The summed E-state index contributed by atoms with van der Waals surface area (Å²) in [7, 11) is -2.48. The van der Waals surface area contributed by atoms with Crippen LogP contribution in [0.3, 0.4) is 0 Å². The Bertz CT molecular complexity index is 1330. The Balaban J connectivity index is 1.80. The van der Waals surface area contributed by atoms with Gasteiger partial charge in [-0.15, -0.1) is 0 Å². The quantitative estimate of drug-likeness (QED) is 0.345. The van der Waals surface area contributed by atoms with Crippen molar-refractivity contribution in [1.82, 2.24) is 5.32 Å². The van der Waals surface area contributed by atoms with Crippen molar-refractivity contribution in [3.8, 4) is 0 Å². The highest BCUT2D eigenvalue weighted by atomic mass is 35.5. The highest BCUT2D eigenvalue weighted by Crippen LogP contribution is 2.26. The number of nitrogens with one attached hydrogen (secondary N) is 3. The summed E-state index contributed by atoms with van der Waals surface area (Å²) < 4.78 is 33.4. The van der Waals surface area contributed by atoms with E-state index in [1.807, 2.05) is 13.0 Å². The van der Waals surface area contributed by atoms with E-state index >= 15 is 0 Å². The van der Waals surface area contributed by atoms with Gasteiger partial charge in [0.25, 0.3) is 21.8 Å². The fraction of sp³-hybridized carbons (Fsp3) is 0.200. The van der Waals surface area contributed by atoms with Crippen molar-refractivity contribution in [3.63, 3.8) is 0 Å². The Morgan fingerprint density at radius 1 is 0.971 bits per heavy atom. The van der Waals surface area contributed by atoms with E-state index in [0.717, 1.165) is 5.56 Å². The lowest BCUT2D eigenvalue weighted by molar-refractivity contribution is 0.0949. The van der Waals surface area contributed by atoms with Crippen molar-refractivity contribution in [2.75, 3.05) is 30.3 Å². The fourth-order valence-electron chi connectivity index (χ4n) is 3.27. The van der Waals surface area contributed by atoms with Crippen molar-refractivity contribution < 1.29 is 22.7 Å². The number of aryl methyl sites for hydroxylation is 1. The Morgan fingerprint density at radius 3 is 2.49 bits per heavy atom. The van der Waals surface area contributed by atoms with Gasteiger partial charge in [0.2, 0.25) is 0 Å². The second kappa shape index (κ2) is 11.8. The molecule has 0 radical (unpaired) electrons. The molecule has 0 bridgehead atoms. The summed E-state index contributed by atoms with van der Waals surface area (Å²) in [5, 5.41) is 5.43. The minimum atomic E-state index is -4.06. The minimum absolute atomic E-state index is 0.0301. The number of hydrogen-bond acceptors (Lipinski definition) is 5. The molecule has 10 heteroatoms. The highest BCUT2D eigenvalue weighted by molar-refractivity contribution is 7.92. The molecule has 3 aromatic carbocycles. The van der Waals surface area contributed by atoms with Gasteiger partial charge in [0.15, 0.2) is 0 Å². The number of amides is 2. The maximum Gasteiger partial charge on any atom is 0.263 e. The largest absolute Gasteiger partial charge is 0.385 e. The van der Waals surface area contributed by atoms with Crippen LogP contribution in [0.1, 0.15) is 32.7 Å². The van der Waals surface area contributed by atoms with Gasteiger partial charge in [-0.05, 0) is 61.4 Å². The normalized spacial score (nSPS) is 11.1. The smallest absolute Gasteiger partial charge is 0.263 e. The molecule has 3 N–H and O–H groups in total. The molecule has 35 heavy (non-hydrogen) atoms. The molecule has 0 unspecified atom stereocenters. The Labute approximate surface area is 209 Å². The SMILES string of the molecule is COCCCNC(=O)c1ccccc1NC(=O)c1ccc(Cl)c(S(=O)(=O)Nc2cccc(C)c2)c1. The molecule has 0 heterocycles. The first-order chi connectivity index (χ1) is 16.7. The van der Waals surface area contributed by atoms with Crippen LogP contribution in [0.15, 0.2) is 71.6 Å². The van der Waals surface area contributed by atoms with Crippen LogP contribution in [0.5, 0.6) is 0 Å². The molecule has 0 aliphatic rings. The number of benzene rings is 3. The van der Waals surface area contributed by atoms with Gasteiger partial charge < -0.3 is 15.4 Å². The maximum atomic E-state index is 13.0. The topological polar surface area (TPSA) is 114 Å². The summed E-state index contributed by atoms with van der Waals surface area (Å²) in [4.78, 5) is 25.3. The third-order valence-electron chi connectivity index (χ3n) is 4.98. The third-order valence-corrected chi connectivity index (χ3v) is 6.85. The number of sulfonamides is 1. The number of carbonyl (C=O) groups excluding carboxylic acids is 2. The zero-order chi connectivity index (χ0) is 25.4. The molecule has 3 rings (SSSR count). The van der Waals surface area contributed by atoms with Crippen molar-refractivity contribution in [1.29, 1.82) is 0 Å². The molecule has 8 nitrogen and oxygen atoms in total. The molecule has 3 aromatic rings. The van der Waals surface area contributed by atoms with Crippen LogP contribution in [0, 0.1) is 6.92 Å². The lowest BCUT2D eigenvalue weighted by atomic mass is 10.1. The molecule has 0 aromatic heterocycles. The number of anilines is 2. The maximum absolute atomic E-state index is 13.0. The van der Waals surface area contributed by atoms with Crippen LogP contribution in [0.4, 0.5) is 11.4 Å². The molecular formula is C25H26ClN3O5S. The van der Waals surface area contributed by atoms with Crippen molar-refractivity contribution >= 4 is 44.8 Å². The summed E-state index contributed by atoms with van der Waals surface area (Å²) in [5.74, 6) is -0.938. The van der Waals surface area contributed by atoms with Gasteiger partial charge >= 0.3 is 0 Å². The van der Waals surface area contributed by atoms with E-state index in [-0.39, 0.29) is 27.0 Å². The van der Waals surface area contributed by atoms with Crippen LogP contribution >= 0.6 is 11.6 Å². The summed E-state index contributed by atoms with van der Waals surface area (Å²) in [6.45, 7) is 2.77. The number of halogens is 1. The second-order valence-electron chi connectivity index (χ2n) is 7.72. The predicted octanol–water partition coefficient (Wildman–Crippen LogP) is 4.47. The predicted molar refractivity (Wildman–Crippen MR) is 137 cm³/mol. The molecule has 184 valence electrons. The summed E-state index contributed by atoms with van der Waals surface area (Å²) >= 11 is 6.17. The summed E-state index contributed by atoms with van der Waals surface area (Å²) in [6.07, 6.45) is 0.648. The first-order valence-electron chi connectivity index (χ1n) is 10.8. The van der Waals surface area contributed by atoms with E-state index < -0.39 is 15.9 Å². The standard InChI is InChI=1S/C25H26ClN3O5S/c1-17-7-5-8-19(15-17)29-35(32,33)23-16-18(11-12-21(23)26)24(30)28-22-10-4-3-9-20(22)25(31)27-13-6-14-34-2/h3-5,7-12,15-16,29H,6,13-14H2,1-2H3,(H,27,31)(H,28,30). The zero-order valence-corrected chi connectivity index (χ0v) is 20.9. The second-order valence-corrected chi connectivity index (χ2v) is 9.78. The highest BCUT2D eigenvalue weighted by Gasteiger charge is 2.21. The van der Waals surface area contributed by atoms with Gasteiger partial charge in [0.05, 0.1) is 16.3 Å². The van der Waals surface area contributed by atoms with Gasteiger partial charge in [0, 0.05) is 31.5 Å². The number of para-hydroxylation sites is 1. The number of carbonyl (C=O) groups is 2. The van der Waals surface area contributed by atoms with E-state index in [1.54, 1.807) is 49.6 Å². The van der Waals surface area contributed by atoms with Gasteiger partial charge in [-0.1, -0.05) is 35.9 Å². The van der Waals surface area contributed by atoms with Gasteiger partial charge in [-0.2, -0.15) is 0 Å². The zero-order valence-electron chi connectivity index (χ0n) is 19.3. The van der Waals surface area contributed by atoms with Crippen molar-refractivity contribution in [2.24, 2.45) is 0 Å². The minimum Gasteiger partial charge on any atom is -0.385 e. The van der Waals surface area contributed by atoms with E-state index in [2.05, 4.69) is 15.4 Å². The average Bonchev–Trinajstić information content (AvgIpc) is 2.82.